The Hall–Kier alpha value is -4.14. The number of alkyl halides is 2. The first kappa shape index (κ1) is 21.1. The van der Waals surface area contributed by atoms with Gasteiger partial charge in [-0.15, -0.1) is 4.39 Å². The summed E-state index contributed by atoms with van der Waals surface area (Å²) in [5.41, 5.74) is 1.86. The highest BCUT2D eigenvalue weighted by molar-refractivity contribution is 6.09. The summed E-state index contributed by atoms with van der Waals surface area (Å²) in [5.74, 6) is -0.0258. The van der Waals surface area contributed by atoms with E-state index in [2.05, 4.69) is 14.7 Å². The first-order valence-corrected chi connectivity index (χ1v) is 9.42. The van der Waals surface area contributed by atoms with Crippen molar-refractivity contribution in [1.82, 2.24) is 9.38 Å². The average molecular weight is 439 g/mol. The lowest BCUT2D eigenvalue weighted by molar-refractivity contribution is -0.0688. The number of carbonyl (C=O) groups excluding carboxylic acids is 1. The van der Waals surface area contributed by atoms with Gasteiger partial charge in [0.05, 0.1) is 7.11 Å². The van der Waals surface area contributed by atoms with Crippen molar-refractivity contribution in [3.8, 4) is 17.0 Å². The number of carbonyl (C=O) groups is 1. The molecule has 0 aliphatic heterocycles. The number of ketones is 1. The zero-order chi connectivity index (χ0) is 22.7. The smallest absolute Gasteiger partial charge is 0.390 e. The van der Waals surface area contributed by atoms with Crippen LogP contribution < -0.4 is 4.74 Å². The van der Waals surface area contributed by atoms with Crippen molar-refractivity contribution in [2.24, 2.45) is 4.99 Å². The maximum Gasteiger partial charge on any atom is 0.390 e. The lowest BCUT2D eigenvalue weighted by Gasteiger charge is -2.10. The molecule has 0 atom stereocenters. The number of rotatable bonds is 6. The van der Waals surface area contributed by atoms with Gasteiger partial charge in [-0.3, -0.25) is 9.20 Å². The molecule has 0 amide bonds. The lowest BCUT2D eigenvalue weighted by atomic mass is 10.1. The van der Waals surface area contributed by atoms with Crippen LogP contribution in [0.4, 0.5) is 19.0 Å². The van der Waals surface area contributed by atoms with Gasteiger partial charge in [0.15, 0.2) is 11.6 Å². The van der Waals surface area contributed by atoms with E-state index in [0.29, 0.717) is 28.1 Å². The van der Waals surface area contributed by atoms with Crippen molar-refractivity contribution >= 4 is 23.4 Å². The third-order valence-corrected chi connectivity index (χ3v) is 4.64. The molecule has 6 nitrogen and oxygen atoms in total. The molecule has 0 aliphatic rings. The Morgan fingerprint density at radius 3 is 2.44 bits per heavy atom. The summed E-state index contributed by atoms with van der Waals surface area (Å²) in [6.45, 7) is -3.37. The summed E-state index contributed by atoms with van der Waals surface area (Å²) in [5, 5.41) is 0. The van der Waals surface area contributed by atoms with Gasteiger partial charge >= 0.3 is 12.8 Å². The molecule has 4 aromatic rings. The number of pyridine rings is 1. The van der Waals surface area contributed by atoms with Gasteiger partial charge < -0.3 is 9.47 Å². The van der Waals surface area contributed by atoms with Crippen molar-refractivity contribution in [3.05, 3.63) is 84.1 Å². The zero-order valence-corrected chi connectivity index (χ0v) is 16.7. The number of aliphatic imine (C=N–C) groups is 1. The van der Waals surface area contributed by atoms with Crippen molar-refractivity contribution in [2.75, 3.05) is 7.11 Å². The number of hydrogen-bond acceptors (Lipinski definition) is 5. The van der Waals surface area contributed by atoms with Gasteiger partial charge in [0.25, 0.3) is 0 Å². The molecule has 0 saturated carbocycles. The number of ether oxygens (including phenoxy) is 2. The predicted octanol–water partition coefficient (Wildman–Crippen LogP) is 5.44. The Morgan fingerprint density at radius 1 is 1.00 bits per heavy atom. The van der Waals surface area contributed by atoms with Gasteiger partial charge in [-0.2, -0.15) is 13.8 Å². The molecule has 0 spiro atoms. The van der Waals surface area contributed by atoms with Crippen LogP contribution in [0.25, 0.3) is 16.9 Å². The van der Waals surface area contributed by atoms with Crippen LogP contribution in [-0.4, -0.2) is 35.0 Å². The van der Waals surface area contributed by atoms with Crippen LogP contribution in [0.5, 0.6) is 5.75 Å². The summed E-state index contributed by atoms with van der Waals surface area (Å²) in [6, 6.07) is 18.6. The fourth-order valence-corrected chi connectivity index (χ4v) is 3.27. The van der Waals surface area contributed by atoms with Gasteiger partial charge in [0, 0.05) is 22.9 Å². The maximum atomic E-state index is 13.9. The zero-order valence-electron chi connectivity index (χ0n) is 16.7. The third kappa shape index (κ3) is 4.18. The van der Waals surface area contributed by atoms with Gasteiger partial charge in [-0.1, -0.05) is 42.5 Å². The molecule has 0 radical (unpaired) electrons. The molecule has 0 N–H and O–H groups in total. The summed E-state index contributed by atoms with van der Waals surface area (Å²) < 4.78 is 49.4. The monoisotopic (exact) mass is 439 g/mol. The number of benzene rings is 2. The van der Waals surface area contributed by atoms with Crippen molar-refractivity contribution in [2.45, 2.75) is 6.61 Å². The highest BCUT2D eigenvalue weighted by atomic mass is 19.3. The van der Waals surface area contributed by atoms with E-state index in [1.54, 1.807) is 66.7 Å². The quantitative estimate of drug-likeness (QED) is 0.228. The van der Waals surface area contributed by atoms with Gasteiger partial charge in [-0.25, -0.2) is 4.98 Å². The number of nitrogens with zero attached hydrogens (tertiary/aromatic N) is 3. The minimum Gasteiger partial charge on any atom is -0.496 e. The number of halogens is 3. The highest BCUT2D eigenvalue weighted by Crippen LogP contribution is 2.37. The maximum absolute atomic E-state index is 13.9. The van der Waals surface area contributed by atoms with E-state index in [1.165, 1.54) is 17.7 Å². The fraction of sp³-hybridized carbons (Fsp3) is 0.0870. The molecule has 0 saturated heterocycles. The van der Waals surface area contributed by atoms with Crippen LogP contribution in [0.3, 0.4) is 0 Å². The molecule has 0 unspecified atom stereocenters. The predicted molar refractivity (Wildman–Crippen MR) is 112 cm³/mol. The molecule has 2 heterocycles. The Labute approximate surface area is 180 Å². The Morgan fingerprint density at radius 2 is 1.72 bits per heavy atom. The summed E-state index contributed by atoms with van der Waals surface area (Å²) in [4.78, 5) is 20.6. The summed E-state index contributed by atoms with van der Waals surface area (Å²) >= 11 is 0. The number of methoxy groups -OCH3 is 1. The SMILES string of the molecule is COc1ccccc1-c1c(/N=C(/F)OC(F)F)nc2ccc(C(=O)c3ccccc3)cn12. The number of imidazole rings is 1. The lowest BCUT2D eigenvalue weighted by Crippen LogP contribution is -2.04. The van der Waals surface area contributed by atoms with E-state index in [0.717, 1.165) is 0 Å². The van der Waals surface area contributed by atoms with E-state index < -0.39 is 12.8 Å². The fourth-order valence-electron chi connectivity index (χ4n) is 3.27. The van der Waals surface area contributed by atoms with E-state index >= 15 is 0 Å². The second-order valence-electron chi connectivity index (χ2n) is 6.57. The summed E-state index contributed by atoms with van der Waals surface area (Å²) in [6.07, 6.45) is -0.204. The number of aromatic nitrogens is 2. The normalized spacial score (nSPS) is 11.7. The van der Waals surface area contributed by atoms with Crippen LogP contribution in [0.2, 0.25) is 0 Å². The molecular formula is C23H16F3N3O3. The van der Waals surface area contributed by atoms with Gasteiger partial charge in [0.2, 0.25) is 0 Å². The summed E-state index contributed by atoms with van der Waals surface area (Å²) in [7, 11) is 1.45. The molecule has 0 bridgehead atoms. The Balaban J connectivity index is 1.93. The van der Waals surface area contributed by atoms with Crippen molar-refractivity contribution < 1.29 is 27.4 Å². The third-order valence-electron chi connectivity index (χ3n) is 4.64. The molecule has 32 heavy (non-hydrogen) atoms. The number of para-hydroxylation sites is 1. The van der Waals surface area contributed by atoms with E-state index in [9.17, 15) is 18.0 Å². The van der Waals surface area contributed by atoms with E-state index in [1.807, 2.05) is 0 Å². The minimum absolute atomic E-state index is 0.211. The molecule has 0 fully saturated rings. The van der Waals surface area contributed by atoms with Crippen LogP contribution in [-0.2, 0) is 4.74 Å². The molecule has 2 aromatic heterocycles. The topological polar surface area (TPSA) is 65.2 Å². The minimum atomic E-state index is -3.37. The molecule has 162 valence electrons. The Kier molecular flexibility index (Phi) is 5.89. The van der Waals surface area contributed by atoms with Gasteiger partial charge in [-0.05, 0) is 24.3 Å². The van der Waals surface area contributed by atoms with Crippen molar-refractivity contribution in [1.29, 1.82) is 0 Å². The number of fused-ring (bicyclic) bond motifs is 1. The van der Waals surface area contributed by atoms with Crippen LogP contribution >= 0.6 is 0 Å². The van der Waals surface area contributed by atoms with Crippen LogP contribution in [0.1, 0.15) is 15.9 Å². The molecule has 2 aromatic carbocycles. The first-order valence-electron chi connectivity index (χ1n) is 9.42. The average Bonchev–Trinajstić information content (AvgIpc) is 3.15. The molecule has 9 heteroatoms. The van der Waals surface area contributed by atoms with Gasteiger partial charge in [0.1, 0.15) is 17.1 Å². The first-order chi connectivity index (χ1) is 15.5. The Bertz CT molecular complexity index is 1300. The molecular weight excluding hydrogens is 423 g/mol. The van der Waals surface area contributed by atoms with Crippen molar-refractivity contribution in [3.63, 3.8) is 0 Å². The molecule has 0 aliphatic carbocycles. The number of hydrogen-bond donors (Lipinski definition) is 0. The highest BCUT2D eigenvalue weighted by Gasteiger charge is 2.21. The standard InChI is InChI=1S/C23H16F3N3O3/c1-31-17-10-6-5-9-16(17)19-21(28-23(26)32-22(24)25)27-18-12-11-15(13-29(18)19)20(30)14-7-3-2-4-8-14/h2-13,22H,1H3/b28-23-. The van der Waals surface area contributed by atoms with Crippen LogP contribution in [0, 0.1) is 0 Å². The van der Waals surface area contributed by atoms with Crippen LogP contribution in [0.15, 0.2) is 77.9 Å². The second kappa shape index (κ2) is 8.93. The largest absolute Gasteiger partial charge is 0.496 e. The molecule has 4 rings (SSSR count). The van der Waals surface area contributed by atoms with E-state index in [-0.39, 0.29) is 17.3 Å². The second-order valence-corrected chi connectivity index (χ2v) is 6.57. The van der Waals surface area contributed by atoms with E-state index in [4.69, 9.17) is 4.74 Å².